The van der Waals surface area contributed by atoms with E-state index in [1.807, 2.05) is 30.3 Å². The third-order valence-corrected chi connectivity index (χ3v) is 7.10. The number of aromatic nitrogens is 1. The van der Waals surface area contributed by atoms with Crippen molar-refractivity contribution in [1.29, 1.82) is 0 Å². The predicted octanol–water partition coefficient (Wildman–Crippen LogP) is 6.24. The predicted molar refractivity (Wildman–Crippen MR) is 144 cm³/mol. The highest BCUT2D eigenvalue weighted by molar-refractivity contribution is 7.22. The molecule has 1 atom stereocenters. The molecule has 1 amide bonds. The SMILES string of the molecule is CCOc1cc(C2C(C(=O)/C=C/c3ccccc3)=C(O)C(=O)N2c2nc3ccc(Cl)cc3s2)ccc1O. The van der Waals surface area contributed by atoms with Crippen molar-refractivity contribution in [2.24, 2.45) is 0 Å². The van der Waals surface area contributed by atoms with E-state index in [-0.39, 0.29) is 17.1 Å². The number of carbonyl (C=O) groups is 2. The van der Waals surface area contributed by atoms with E-state index in [0.717, 1.165) is 10.3 Å². The number of aliphatic hydroxyl groups excluding tert-OH is 1. The van der Waals surface area contributed by atoms with Gasteiger partial charge < -0.3 is 14.9 Å². The van der Waals surface area contributed by atoms with Crippen molar-refractivity contribution in [3.05, 3.63) is 100 Å². The number of allylic oxidation sites excluding steroid dienone is 1. The number of carbonyl (C=O) groups excluding carboxylic acids is 2. The van der Waals surface area contributed by atoms with Gasteiger partial charge in [0.15, 0.2) is 28.2 Å². The van der Waals surface area contributed by atoms with Crippen LogP contribution in [0.15, 0.2) is 84.1 Å². The Bertz CT molecular complexity index is 1580. The number of hydrogen-bond donors (Lipinski definition) is 2. The molecule has 37 heavy (non-hydrogen) atoms. The van der Waals surface area contributed by atoms with E-state index in [9.17, 15) is 19.8 Å². The van der Waals surface area contributed by atoms with Gasteiger partial charge in [-0.2, -0.15) is 0 Å². The number of ketones is 1. The summed E-state index contributed by atoms with van der Waals surface area (Å²) in [5.74, 6) is -1.83. The lowest BCUT2D eigenvalue weighted by Crippen LogP contribution is -2.30. The van der Waals surface area contributed by atoms with Crippen molar-refractivity contribution >= 4 is 56.1 Å². The molecule has 0 radical (unpaired) electrons. The number of benzene rings is 3. The lowest BCUT2D eigenvalue weighted by Gasteiger charge is -2.24. The van der Waals surface area contributed by atoms with Crippen LogP contribution in [0.25, 0.3) is 16.3 Å². The summed E-state index contributed by atoms with van der Waals surface area (Å²) in [6.45, 7) is 2.08. The Kier molecular flexibility index (Phi) is 6.69. The monoisotopic (exact) mass is 532 g/mol. The number of phenols is 1. The molecule has 2 N–H and O–H groups in total. The fraction of sp³-hybridized carbons (Fsp3) is 0.107. The van der Waals surface area contributed by atoms with E-state index < -0.39 is 23.5 Å². The summed E-state index contributed by atoms with van der Waals surface area (Å²) in [6.07, 6.45) is 2.95. The van der Waals surface area contributed by atoms with Crippen LogP contribution >= 0.6 is 22.9 Å². The lowest BCUT2D eigenvalue weighted by atomic mass is 9.95. The fourth-order valence-electron chi connectivity index (χ4n) is 4.16. The van der Waals surface area contributed by atoms with Gasteiger partial charge in [-0.05, 0) is 54.5 Å². The van der Waals surface area contributed by atoms with E-state index in [2.05, 4.69) is 4.98 Å². The maximum absolute atomic E-state index is 13.4. The van der Waals surface area contributed by atoms with Crippen LogP contribution in [0.2, 0.25) is 5.02 Å². The molecule has 0 fully saturated rings. The Morgan fingerprint density at radius 1 is 1.14 bits per heavy atom. The van der Waals surface area contributed by atoms with Crippen molar-refractivity contribution < 1.29 is 24.5 Å². The first-order valence-electron chi connectivity index (χ1n) is 11.4. The molecule has 0 saturated heterocycles. The Hall–Kier alpha value is -4.14. The van der Waals surface area contributed by atoms with Gasteiger partial charge in [-0.1, -0.05) is 65.4 Å². The second-order valence-electron chi connectivity index (χ2n) is 8.22. The molecule has 1 aliphatic rings. The van der Waals surface area contributed by atoms with Crippen LogP contribution in [-0.2, 0) is 9.59 Å². The topological polar surface area (TPSA) is 100.0 Å². The number of fused-ring (bicyclic) bond motifs is 1. The summed E-state index contributed by atoms with van der Waals surface area (Å²) in [7, 11) is 0. The van der Waals surface area contributed by atoms with Gasteiger partial charge in [0.05, 0.1) is 28.4 Å². The quantitative estimate of drug-likeness (QED) is 0.273. The average molecular weight is 533 g/mol. The molecule has 7 nitrogen and oxygen atoms in total. The molecule has 1 aromatic heterocycles. The molecule has 0 spiro atoms. The van der Waals surface area contributed by atoms with E-state index in [1.54, 1.807) is 43.3 Å². The Balaban J connectivity index is 1.63. The summed E-state index contributed by atoms with van der Waals surface area (Å²) >= 11 is 7.35. The van der Waals surface area contributed by atoms with Crippen LogP contribution in [-0.4, -0.2) is 33.5 Å². The van der Waals surface area contributed by atoms with Crippen molar-refractivity contribution in [2.75, 3.05) is 11.5 Å². The zero-order valence-corrected chi connectivity index (χ0v) is 21.2. The lowest BCUT2D eigenvalue weighted by molar-refractivity contribution is -0.117. The first-order valence-corrected chi connectivity index (χ1v) is 12.6. The Morgan fingerprint density at radius 3 is 2.68 bits per heavy atom. The second kappa shape index (κ2) is 10.1. The third kappa shape index (κ3) is 4.69. The van der Waals surface area contributed by atoms with Crippen LogP contribution in [0, 0.1) is 0 Å². The molecule has 3 aromatic carbocycles. The van der Waals surface area contributed by atoms with E-state index in [0.29, 0.717) is 27.8 Å². The fourth-order valence-corrected chi connectivity index (χ4v) is 5.43. The number of ether oxygens (including phenoxy) is 1. The van der Waals surface area contributed by atoms with Crippen LogP contribution in [0.1, 0.15) is 24.1 Å². The molecule has 9 heteroatoms. The number of thiazole rings is 1. The van der Waals surface area contributed by atoms with Gasteiger partial charge in [0, 0.05) is 5.02 Å². The first-order chi connectivity index (χ1) is 17.9. The van der Waals surface area contributed by atoms with Gasteiger partial charge in [-0.3, -0.25) is 14.5 Å². The molecule has 0 bridgehead atoms. The van der Waals surface area contributed by atoms with E-state index in [1.165, 1.54) is 28.4 Å². The largest absolute Gasteiger partial charge is 0.504 e. The van der Waals surface area contributed by atoms with E-state index >= 15 is 0 Å². The Morgan fingerprint density at radius 2 is 1.92 bits per heavy atom. The van der Waals surface area contributed by atoms with Gasteiger partial charge in [-0.25, -0.2) is 4.98 Å². The van der Waals surface area contributed by atoms with Gasteiger partial charge in [0.1, 0.15) is 0 Å². The van der Waals surface area contributed by atoms with Crippen LogP contribution in [0.5, 0.6) is 11.5 Å². The minimum Gasteiger partial charge on any atom is -0.504 e. The number of aliphatic hydroxyl groups is 1. The molecular weight excluding hydrogens is 512 g/mol. The smallest absolute Gasteiger partial charge is 0.296 e. The van der Waals surface area contributed by atoms with Crippen LogP contribution in [0.3, 0.4) is 0 Å². The number of hydrogen-bond acceptors (Lipinski definition) is 7. The van der Waals surface area contributed by atoms with Crippen molar-refractivity contribution in [3.8, 4) is 11.5 Å². The highest BCUT2D eigenvalue weighted by Gasteiger charge is 2.45. The summed E-state index contributed by atoms with van der Waals surface area (Å²) in [5.41, 5.74) is 1.79. The molecule has 0 aliphatic carbocycles. The minimum absolute atomic E-state index is 0.0823. The summed E-state index contributed by atoms with van der Waals surface area (Å²) in [5, 5.41) is 22.0. The van der Waals surface area contributed by atoms with Crippen LogP contribution < -0.4 is 9.64 Å². The Labute approximate surface area is 221 Å². The van der Waals surface area contributed by atoms with Gasteiger partial charge in [-0.15, -0.1) is 0 Å². The number of phenolic OH excluding ortho intramolecular Hbond substituents is 1. The van der Waals surface area contributed by atoms with E-state index in [4.69, 9.17) is 16.3 Å². The normalized spacial score (nSPS) is 15.8. The first kappa shape index (κ1) is 24.5. The standard InChI is InChI=1S/C28H21ClN2O5S/c1-2-36-22-14-17(9-13-20(22)32)25-24(21(33)12-8-16-6-4-3-5-7-16)26(34)27(35)31(25)28-30-19-11-10-18(29)15-23(19)37-28/h3-15,25,32,34H,2H2,1H3/b12-8+. The highest BCUT2D eigenvalue weighted by Crippen LogP contribution is 2.45. The van der Waals surface area contributed by atoms with Crippen molar-refractivity contribution in [3.63, 3.8) is 0 Å². The summed E-state index contributed by atoms with van der Waals surface area (Å²) < 4.78 is 6.28. The number of nitrogens with zero attached hydrogens (tertiary/aromatic N) is 2. The van der Waals surface area contributed by atoms with Gasteiger partial charge in [0.2, 0.25) is 0 Å². The van der Waals surface area contributed by atoms with Crippen molar-refractivity contribution in [1.82, 2.24) is 4.98 Å². The number of halogens is 1. The molecule has 4 aromatic rings. The summed E-state index contributed by atoms with van der Waals surface area (Å²) in [4.78, 5) is 32.7. The zero-order chi connectivity index (χ0) is 26.1. The molecule has 0 saturated carbocycles. The molecular formula is C28H21ClN2O5S. The number of anilines is 1. The molecule has 186 valence electrons. The van der Waals surface area contributed by atoms with Gasteiger partial charge in [0.25, 0.3) is 5.91 Å². The van der Waals surface area contributed by atoms with Crippen molar-refractivity contribution in [2.45, 2.75) is 13.0 Å². The minimum atomic E-state index is -1.00. The number of rotatable bonds is 7. The maximum Gasteiger partial charge on any atom is 0.296 e. The number of aromatic hydroxyl groups is 1. The van der Waals surface area contributed by atoms with Gasteiger partial charge >= 0.3 is 0 Å². The molecule has 5 rings (SSSR count). The third-order valence-electron chi connectivity index (χ3n) is 5.85. The average Bonchev–Trinajstić information content (AvgIpc) is 3.42. The molecule has 2 heterocycles. The molecule has 1 unspecified atom stereocenters. The van der Waals surface area contributed by atoms with Crippen LogP contribution in [0.4, 0.5) is 5.13 Å². The molecule has 1 aliphatic heterocycles. The maximum atomic E-state index is 13.4. The summed E-state index contributed by atoms with van der Waals surface area (Å²) in [6, 6.07) is 18.0. The highest BCUT2D eigenvalue weighted by atomic mass is 35.5. The zero-order valence-electron chi connectivity index (χ0n) is 19.6. The second-order valence-corrected chi connectivity index (χ2v) is 9.66. The number of amides is 1.